The Kier molecular flexibility index (Phi) is 4.79. The third-order valence-electron chi connectivity index (χ3n) is 4.64. The summed E-state index contributed by atoms with van der Waals surface area (Å²) in [7, 11) is 4.02. The van der Waals surface area contributed by atoms with Gasteiger partial charge in [0.1, 0.15) is 0 Å². The molecule has 0 radical (unpaired) electrons. The molecular weight excluding hydrogens is 310 g/mol. The number of nitrogens with one attached hydrogen (secondary N) is 2. The standard InChI is InChI=1S/C21H25N3O/c1-14(18-13-22-20-8-6-5-7-17(18)20)12-21(25)23-19-10-9-16(24(3)4)11-15(19)2/h5-11,13-14,22H,12H2,1-4H3,(H,23,25)/t14-/m0/s1. The van der Waals surface area contributed by atoms with Gasteiger partial charge in [0.15, 0.2) is 0 Å². The van der Waals surface area contributed by atoms with E-state index in [0.29, 0.717) is 6.42 Å². The second-order valence-corrected chi connectivity index (χ2v) is 6.84. The summed E-state index contributed by atoms with van der Waals surface area (Å²) in [5.41, 5.74) is 5.37. The topological polar surface area (TPSA) is 48.1 Å². The molecule has 0 unspecified atom stereocenters. The van der Waals surface area contributed by atoms with Crippen molar-refractivity contribution < 1.29 is 4.79 Å². The van der Waals surface area contributed by atoms with E-state index in [1.807, 2.05) is 51.5 Å². The largest absolute Gasteiger partial charge is 0.378 e. The van der Waals surface area contributed by atoms with Crippen LogP contribution in [0.2, 0.25) is 0 Å². The lowest BCUT2D eigenvalue weighted by molar-refractivity contribution is -0.116. The zero-order valence-electron chi connectivity index (χ0n) is 15.3. The first kappa shape index (κ1) is 17.1. The molecule has 1 amide bonds. The lowest BCUT2D eigenvalue weighted by Gasteiger charge is -2.16. The Morgan fingerprint density at radius 1 is 1.20 bits per heavy atom. The van der Waals surface area contributed by atoms with Crippen molar-refractivity contribution in [3.63, 3.8) is 0 Å². The number of amides is 1. The molecule has 1 heterocycles. The minimum atomic E-state index is 0.0403. The van der Waals surface area contributed by atoms with E-state index in [4.69, 9.17) is 0 Å². The van der Waals surface area contributed by atoms with Gasteiger partial charge in [-0.3, -0.25) is 4.79 Å². The molecule has 0 bridgehead atoms. The van der Waals surface area contributed by atoms with Crippen LogP contribution < -0.4 is 10.2 Å². The van der Waals surface area contributed by atoms with Crippen LogP contribution in [0, 0.1) is 6.92 Å². The quantitative estimate of drug-likeness (QED) is 0.711. The number of aromatic amines is 1. The third kappa shape index (κ3) is 3.68. The van der Waals surface area contributed by atoms with Crippen LogP contribution in [0.5, 0.6) is 0 Å². The average molecular weight is 335 g/mol. The second-order valence-electron chi connectivity index (χ2n) is 6.84. The highest BCUT2D eigenvalue weighted by atomic mass is 16.1. The van der Waals surface area contributed by atoms with Gasteiger partial charge in [-0.25, -0.2) is 0 Å². The highest BCUT2D eigenvalue weighted by Crippen LogP contribution is 2.28. The van der Waals surface area contributed by atoms with E-state index in [9.17, 15) is 4.79 Å². The molecule has 0 fully saturated rings. The summed E-state index contributed by atoms with van der Waals surface area (Å²) in [6.45, 7) is 4.11. The van der Waals surface area contributed by atoms with Crippen molar-refractivity contribution >= 4 is 28.2 Å². The molecule has 0 aliphatic rings. The summed E-state index contributed by atoms with van der Waals surface area (Å²) in [5, 5.41) is 4.24. The van der Waals surface area contributed by atoms with E-state index in [2.05, 4.69) is 40.3 Å². The van der Waals surface area contributed by atoms with Crippen LogP contribution in [-0.4, -0.2) is 25.0 Å². The molecule has 3 aromatic rings. The predicted octanol–water partition coefficient (Wildman–Crippen LogP) is 4.67. The van der Waals surface area contributed by atoms with E-state index in [0.717, 1.165) is 22.5 Å². The molecule has 0 saturated carbocycles. The van der Waals surface area contributed by atoms with Gasteiger partial charge < -0.3 is 15.2 Å². The van der Waals surface area contributed by atoms with Crippen molar-refractivity contribution in [3.8, 4) is 0 Å². The van der Waals surface area contributed by atoms with Crippen molar-refractivity contribution in [3.05, 3.63) is 59.8 Å². The van der Waals surface area contributed by atoms with E-state index in [-0.39, 0.29) is 11.8 Å². The predicted molar refractivity (Wildman–Crippen MR) is 105 cm³/mol. The van der Waals surface area contributed by atoms with Crippen molar-refractivity contribution in [1.29, 1.82) is 0 Å². The molecule has 4 heteroatoms. The van der Waals surface area contributed by atoms with Crippen LogP contribution in [-0.2, 0) is 4.79 Å². The normalized spacial score (nSPS) is 12.2. The van der Waals surface area contributed by atoms with Gasteiger partial charge in [0.25, 0.3) is 0 Å². The highest BCUT2D eigenvalue weighted by molar-refractivity contribution is 5.93. The highest BCUT2D eigenvalue weighted by Gasteiger charge is 2.15. The maximum atomic E-state index is 12.5. The van der Waals surface area contributed by atoms with Gasteiger partial charge in [-0.1, -0.05) is 25.1 Å². The molecule has 0 saturated heterocycles. The molecule has 0 aliphatic heterocycles. The summed E-state index contributed by atoms with van der Waals surface area (Å²) < 4.78 is 0. The smallest absolute Gasteiger partial charge is 0.224 e. The number of fused-ring (bicyclic) bond motifs is 1. The van der Waals surface area contributed by atoms with E-state index in [1.165, 1.54) is 10.9 Å². The average Bonchev–Trinajstić information content (AvgIpc) is 3.00. The number of aryl methyl sites for hydroxylation is 1. The number of hydrogen-bond acceptors (Lipinski definition) is 2. The monoisotopic (exact) mass is 335 g/mol. The van der Waals surface area contributed by atoms with E-state index >= 15 is 0 Å². The summed E-state index contributed by atoms with van der Waals surface area (Å²) in [4.78, 5) is 17.8. The number of anilines is 2. The summed E-state index contributed by atoms with van der Waals surface area (Å²) >= 11 is 0. The fourth-order valence-corrected chi connectivity index (χ4v) is 3.16. The molecular formula is C21H25N3O. The summed E-state index contributed by atoms with van der Waals surface area (Å²) in [6.07, 6.45) is 2.47. The van der Waals surface area contributed by atoms with Crippen LogP contribution in [0.3, 0.4) is 0 Å². The Hall–Kier alpha value is -2.75. The number of H-pyrrole nitrogens is 1. The molecule has 0 spiro atoms. The molecule has 1 atom stereocenters. The summed E-state index contributed by atoms with van der Waals surface area (Å²) in [5.74, 6) is 0.191. The first-order valence-electron chi connectivity index (χ1n) is 8.59. The molecule has 1 aromatic heterocycles. The minimum Gasteiger partial charge on any atom is -0.378 e. The summed E-state index contributed by atoms with van der Waals surface area (Å²) in [6, 6.07) is 14.3. The van der Waals surface area contributed by atoms with Gasteiger partial charge in [0.2, 0.25) is 5.91 Å². The van der Waals surface area contributed by atoms with Crippen LogP contribution in [0.15, 0.2) is 48.7 Å². The Bertz CT molecular complexity index is 895. The van der Waals surface area contributed by atoms with Crippen molar-refractivity contribution in [2.24, 2.45) is 0 Å². The number of benzene rings is 2. The number of nitrogens with zero attached hydrogens (tertiary/aromatic N) is 1. The van der Waals surface area contributed by atoms with Gasteiger partial charge in [0.05, 0.1) is 0 Å². The first-order valence-corrected chi connectivity index (χ1v) is 8.59. The van der Waals surface area contributed by atoms with Gasteiger partial charge in [-0.15, -0.1) is 0 Å². The van der Waals surface area contributed by atoms with Crippen LogP contribution in [0.4, 0.5) is 11.4 Å². The Labute approximate surface area is 148 Å². The van der Waals surface area contributed by atoms with Crippen molar-refractivity contribution in [1.82, 2.24) is 4.98 Å². The fraction of sp³-hybridized carbons (Fsp3) is 0.286. The molecule has 0 aliphatic carbocycles. The number of hydrogen-bond donors (Lipinski definition) is 2. The molecule has 130 valence electrons. The zero-order valence-corrected chi connectivity index (χ0v) is 15.3. The van der Waals surface area contributed by atoms with Gasteiger partial charge in [0, 0.05) is 49.0 Å². The van der Waals surface area contributed by atoms with E-state index in [1.54, 1.807) is 0 Å². The zero-order chi connectivity index (χ0) is 18.0. The van der Waals surface area contributed by atoms with E-state index < -0.39 is 0 Å². The van der Waals surface area contributed by atoms with Gasteiger partial charge in [-0.2, -0.15) is 0 Å². The molecule has 4 nitrogen and oxygen atoms in total. The minimum absolute atomic E-state index is 0.0403. The number of carbonyl (C=O) groups is 1. The molecule has 2 N–H and O–H groups in total. The number of aromatic nitrogens is 1. The molecule has 3 rings (SSSR count). The second kappa shape index (κ2) is 7.01. The molecule has 2 aromatic carbocycles. The maximum Gasteiger partial charge on any atom is 0.224 e. The van der Waals surface area contributed by atoms with Crippen LogP contribution in [0.1, 0.15) is 30.4 Å². The van der Waals surface area contributed by atoms with Crippen molar-refractivity contribution in [2.75, 3.05) is 24.3 Å². The number of para-hydroxylation sites is 1. The number of carbonyl (C=O) groups excluding carboxylic acids is 1. The lowest BCUT2D eigenvalue weighted by atomic mass is 9.97. The maximum absolute atomic E-state index is 12.5. The SMILES string of the molecule is Cc1cc(N(C)C)ccc1NC(=O)C[C@H](C)c1c[nH]c2ccccc12. The van der Waals surface area contributed by atoms with Crippen molar-refractivity contribution in [2.45, 2.75) is 26.2 Å². The Balaban J connectivity index is 1.70. The fourth-order valence-electron chi connectivity index (χ4n) is 3.16. The van der Waals surface area contributed by atoms with Gasteiger partial charge >= 0.3 is 0 Å². The number of rotatable bonds is 5. The Morgan fingerprint density at radius 3 is 2.68 bits per heavy atom. The first-order chi connectivity index (χ1) is 12.0. The van der Waals surface area contributed by atoms with Crippen LogP contribution >= 0.6 is 0 Å². The molecule has 25 heavy (non-hydrogen) atoms. The van der Waals surface area contributed by atoms with Gasteiger partial charge in [-0.05, 0) is 48.2 Å². The van der Waals surface area contributed by atoms with Crippen LogP contribution in [0.25, 0.3) is 10.9 Å². The Morgan fingerprint density at radius 2 is 1.96 bits per heavy atom. The lowest BCUT2D eigenvalue weighted by Crippen LogP contribution is -2.15. The third-order valence-corrected chi connectivity index (χ3v) is 4.64.